The number of benzene rings is 1. The Balaban J connectivity index is 2.53. The quantitative estimate of drug-likeness (QED) is 0.752. The van der Waals surface area contributed by atoms with E-state index >= 15 is 0 Å². The lowest BCUT2D eigenvalue weighted by atomic mass is 10.0. The third-order valence-electron chi connectivity index (χ3n) is 2.74. The van der Waals surface area contributed by atoms with Crippen molar-refractivity contribution in [1.82, 2.24) is 0 Å². The number of rotatable bonds is 7. The molecule has 114 valence electrons. The number of nitrogens with one attached hydrogen (secondary N) is 1. The van der Waals surface area contributed by atoms with Crippen molar-refractivity contribution in [3.8, 4) is 0 Å². The Morgan fingerprint density at radius 3 is 2.33 bits per heavy atom. The molecule has 0 radical (unpaired) electrons. The van der Waals surface area contributed by atoms with Gasteiger partial charge in [-0.05, 0) is 37.1 Å². The lowest BCUT2D eigenvalue weighted by Gasteiger charge is -2.09. The monoisotopic (exact) mass is 293 g/mol. The number of carbonyl (C=O) groups is 3. The molecule has 1 aromatic carbocycles. The summed E-state index contributed by atoms with van der Waals surface area (Å²) in [5.41, 5.74) is 0.963. The van der Waals surface area contributed by atoms with Crippen molar-refractivity contribution in [2.24, 2.45) is 5.92 Å². The zero-order valence-electron chi connectivity index (χ0n) is 12.1. The molecule has 1 aromatic rings. The molecular weight excluding hydrogens is 274 g/mol. The SMILES string of the molecule is CCOC(=O)c1ccc(NC(=O)CC(C)CC(=O)O)cc1. The summed E-state index contributed by atoms with van der Waals surface area (Å²) in [7, 11) is 0. The number of carboxylic acids is 1. The fourth-order valence-electron chi connectivity index (χ4n) is 1.80. The molecule has 1 rings (SSSR count). The van der Waals surface area contributed by atoms with Gasteiger partial charge in [-0.25, -0.2) is 4.79 Å². The largest absolute Gasteiger partial charge is 0.481 e. The van der Waals surface area contributed by atoms with Gasteiger partial charge in [-0.3, -0.25) is 9.59 Å². The summed E-state index contributed by atoms with van der Waals surface area (Å²) in [6.07, 6.45) is 0.0845. The minimum absolute atomic E-state index is 0.0464. The average molecular weight is 293 g/mol. The molecule has 6 nitrogen and oxygen atoms in total. The molecule has 2 N–H and O–H groups in total. The Kier molecular flexibility index (Phi) is 6.39. The fraction of sp³-hybridized carbons (Fsp3) is 0.400. The van der Waals surface area contributed by atoms with E-state index in [2.05, 4.69) is 5.32 Å². The minimum atomic E-state index is -0.922. The second-order valence-electron chi connectivity index (χ2n) is 4.75. The molecular formula is C15H19NO5. The molecule has 0 aliphatic heterocycles. The third-order valence-corrected chi connectivity index (χ3v) is 2.74. The predicted octanol–water partition coefficient (Wildman–Crippen LogP) is 2.30. The molecule has 0 saturated heterocycles. The lowest BCUT2D eigenvalue weighted by molar-refractivity contribution is -0.138. The molecule has 0 saturated carbocycles. The van der Waals surface area contributed by atoms with Crippen molar-refractivity contribution in [2.75, 3.05) is 11.9 Å². The number of carboxylic acid groups (broad SMARTS) is 1. The van der Waals surface area contributed by atoms with Gasteiger partial charge in [0.1, 0.15) is 0 Å². The first-order valence-electron chi connectivity index (χ1n) is 6.71. The van der Waals surface area contributed by atoms with Crippen molar-refractivity contribution in [2.45, 2.75) is 26.7 Å². The molecule has 21 heavy (non-hydrogen) atoms. The van der Waals surface area contributed by atoms with Gasteiger partial charge in [0.15, 0.2) is 0 Å². The standard InChI is InChI=1S/C15H19NO5/c1-3-21-15(20)11-4-6-12(7-5-11)16-13(17)8-10(2)9-14(18)19/h4-7,10H,3,8-9H2,1-2H3,(H,16,17)(H,18,19). The molecule has 1 unspecified atom stereocenters. The number of anilines is 1. The molecule has 0 bridgehead atoms. The second kappa shape index (κ2) is 8.04. The molecule has 0 spiro atoms. The van der Waals surface area contributed by atoms with Gasteiger partial charge in [-0.15, -0.1) is 0 Å². The van der Waals surface area contributed by atoms with Gasteiger partial charge in [0.25, 0.3) is 0 Å². The number of carbonyl (C=O) groups excluding carboxylic acids is 2. The molecule has 0 fully saturated rings. The highest BCUT2D eigenvalue weighted by molar-refractivity contribution is 5.93. The van der Waals surface area contributed by atoms with Gasteiger partial charge in [-0.2, -0.15) is 0 Å². The Labute approximate surface area is 123 Å². The molecule has 0 aromatic heterocycles. The summed E-state index contributed by atoms with van der Waals surface area (Å²) in [4.78, 5) is 33.7. The highest BCUT2D eigenvalue weighted by atomic mass is 16.5. The normalized spacial score (nSPS) is 11.5. The van der Waals surface area contributed by atoms with Crippen LogP contribution < -0.4 is 5.32 Å². The van der Waals surface area contributed by atoms with E-state index in [1.165, 1.54) is 0 Å². The van der Waals surface area contributed by atoms with Crippen LogP contribution in [0.25, 0.3) is 0 Å². The van der Waals surface area contributed by atoms with E-state index in [0.29, 0.717) is 17.9 Å². The Hall–Kier alpha value is -2.37. The van der Waals surface area contributed by atoms with Crippen LogP contribution in [0.5, 0.6) is 0 Å². The van der Waals surface area contributed by atoms with Crippen LogP contribution in [-0.4, -0.2) is 29.6 Å². The van der Waals surface area contributed by atoms with Crippen LogP contribution >= 0.6 is 0 Å². The fourth-order valence-corrected chi connectivity index (χ4v) is 1.80. The smallest absolute Gasteiger partial charge is 0.338 e. The van der Waals surface area contributed by atoms with Crippen LogP contribution in [0.3, 0.4) is 0 Å². The first-order chi connectivity index (χ1) is 9.92. The van der Waals surface area contributed by atoms with Gasteiger partial charge in [-0.1, -0.05) is 6.92 Å². The topological polar surface area (TPSA) is 92.7 Å². The third kappa shape index (κ3) is 6.07. The zero-order valence-corrected chi connectivity index (χ0v) is 12.1. The van der Waals surface area contributed by atoms with Gasteiger partial charge in [0, 0.05) is 18.5 Å². The van der Waals surface area contributed by atoms with Gasteiger partial charge in [0.05, 0.1) is 12.2 Å². The van der Waals surface area contributed by atoms with E-state index in [9.17, 15) is 14.4 Å². The Morgan fingerprint density at radius 1 is 1.19 bits per heavy atom. The first kappa shape index (κ1) is 16.7. The number of aliphatic carboxylic acids is 1. The summed E-state index contributed by atoms with van der Waals surface area (Å²) in [5, 5.41) is 11.3. The van der Waals surface area contributed by atoms with Crippen molar-refractivity contribution < 1.29 is 24.2 Å². The van der Waals surface area contributed by atoms with Crippen LogP contribution in [0, 0.1) is 5.92 Å². The number of amides is 1. The first-order valence-corrected chi connectivity index (χ1v) is 6.71. The molecule has 1 amide bonds. The summed E-state index contributed by atoms with van der Waals surface area (Å²) in [6.45, 7) is 3.74. The van der Waals surface area contributed by atoms with Crippen LogP contribution in [-0.2, 0) is 14.3 Å². The molecule has 1 atom stereocenters. The molecule has 0 heterocycles. The van der Waals surface area contributed by atoms with Crippen LogP contribution in [0.15, 0.2) is 24.3 Å². The van der Waals surface area contributed by atoms with Gasteiger partial charge in [0.2, 0.25) is 5.91 Å². The minimum Gasteiger partial charge on any atom is -0.481 e. The van der Waals surface area contributed by atoms with E-state index in [1.807, 2.05) is 0 Å². The van der Waals surface area contributed by atoms with Crippen LogP contribution in [0.1, 0.15) is 37.0 Å². The zero-order chi connectivity index (χ0) is 15.8. The Bertz CT molecular complexity index is 509. The van der Waals surface area contributed by atoms with Crippen molar-refractivity contribution >= 4 is 23.5 Å². The maximum atomic E-state index is 11.7. The maximum absolute atomic E-state index is 11.7. The van der Waals surface area contributed by atoms with E-state index in [1.54, 1.807) is 38.1 Å². The van der Waals surface area contributed by atoms with E-state index in [0.717, 1.165) is 0 Å². The molecule has 0 aliphatic rings. The van der Waals surface area contributed by atoms with Crippen molar-refractivity contribution in [1.29, 1.82) is 0 Å². The summed E-state index contributed by atoms with van der Waals surface area (Å²) in [5.74, 6) is -1.83. The highest BCUT2D eigenvalue weighted by Gasteiger charge is 2.13. The number of hydrogen-bond acceptors (Lipinski definition) is 4. The van der Waals surface area contributed by atoms with Crippen LogP contribution in [0.4, 0.5) is 5.69 Å². The van der Waals surface area contributed by atoms with Crippen LogP contribution in [0.2, 0.25) is 0 Å². The second-order valence-corrected chi connectivity index (χ2v) is 4.75. The van der Waals surface area contributed by atoms with E-state index in [4.69, 9.17) is 9.84 Å². The number of ether oxygens (including phenoxy) is 1. The predicted molar refractivity (Wildman–Crippen MR) is 77.1 cm³/mol. The van der Waals surface area contributed by atoms with Gasteiger partial charge < -0.3 is 15.2 Å². The summed E-state index contributed by atoms with van der Waals surface area (Å²) in [6, 6.07) is 6.33. The summed E-state index contributed by atoms with van der Waals surface area (Å²) >= 11 is 0. The van der Waals surface area contributed by atoms with Gasteiger partial charge >= 0.3 is 11.9 Å². The van der Waals surface area contributed by atoms with E-state index in [-0.39, 0.29) is 24.7 Å². The Morgan fingerprint density at radius 2 is 1.81 bits per heavy atom. The van der Waals surface area contributed by atoms with Crippen molar-refractivity contribution in [3.05, 3.63) is 29.8 Å². The lowest BCUT2D eigenvalue weighted by Crippen LogP contribution is -2.17. The summed E-state index contributed by atoms with van der Waals surface area (Å²) < 4.78 is 4.86. The number of esters is 1. The average Bonchev–Trinajstić information content (AvgIpc) is 2.38. The van der Waals surface area contributed by atoms with Crippen molar-refractivity contribution in [3.63, 3.8) is 0 Å². The molecule has 6 heteroatoms. The van der Waals surface area contributed by atoms with E-state index < -0.39 is 11.9 Å². The number of hydrogen-bond donors (Lipinski definition) is 2. The maximum Gasteiger partial charge on any atom is 0.338 e. The highest BCUT2D eigenvalue weighted by Crippen LogP contribution is 2.13. The molecule has 0 aliphatic carbocycles.